The van der Waals surface area contributed by atoms with E-state index in [0.29, 0.717) is 19.4 Å². The molecule has 0 saturated carbocycles. The zero-order chi connectivity index (χ0) is 19.2. The smallest absolute Gasteiger partial charge is 0.247 e. The Hall–Kier alpha value is -2.53. The molecule has 0 aliphatic carbocycles. The zero-order valence-electron chi connectivity index (χ0n) is 16.0. The van der Waals surface area contributed by atoms with Gasteiger partial charge in [0.25, 0.3) is 0 Å². The highest BCUT2D eigenvalue weighted by Crippen LogP contribution is 2.17. The van der Waals surface area contributed by atoms with Crippen LogP contribution in [0.1, 0.15) is 29.5 Å². The Morgan fingerprint density at radius 1 is 1.15 bits per heavy atom. The predicted octanol–water partition coefficient (Wildman–Crippen LogP) is 3.50. The summed E-state index contributed by atoms with van der Waals surface area (Å²) in [5.41, 5.74) is 3.78. The second-order valence-corrected chi connectivity index (χ2v) is 7.23. The molecule has 2 aromatic rings. The van der Waals surface area contributed by atoms with Crippen LogP contribution >= 0.6 is 0 Å². The second-order valence-electron chi connectivity index (χ2n) is 7.23. The van der Waals surface area contributed by atoms with E-state index < -0.39 is 0 Å². The highest BCUT2D eigenvalue weighted by molar-refractivity contribution is 6.02. The molecule has 0 atom stereocenters. The average Bonchev–Trinajstić information content (AvgIpc) is 3.12. The van der Waals surface area contributed by atoms with E-state index in [0.717, 1.165) is 36.2 Å². The number of hydrogen-bond acceptors (Lipinski definition) is 3. The summed E-state index contributed by atoms with van der Waals surface area (Å²) in [7, 11) is 4.15. The van der Waals surface area contributed by atoms with Crippen LogP contribution in [-0.2, 0) is 17.6 Å². The molecule has 5 heteroatoms. The van der Waals surface area contributed by atoms with Gasteiger partial charge in [0.15, 0.2) is 0 Å². The first-order chi connectivity index (χ1) is 13.0. The summed E-state index contributed by atoms with van der Waals surface area (Å²) in [6, 6.07) is 14.6. The molecule has 0 unspecified atom stereocenters. The van der Waals surface area contributed by atoms with E-state index in [-0.39, 0.29) is 11.7 Å². The maximum atomic E-state index is 13.4. The molecule has 0 radical (unpaired) electrons. The number of rotatable bonds is 7. The van der Waals surface area contributed by atoms with Gasteiger partial charge < -0.3 is 4.90 Å². The second kappa shape index (κ2) is 8.91. The highest BCUT2D eigenvalue weighted by atomic mass is 19.1. The van der Waals surface area contributed by atoms with Gasteiger partial charge in [-0.3, -0.25) is 4.79 Å². The first-order valence-electron chi connectivity index (χ1n) is 9.37. The van der Waals surface area contributed by atoms with Crippen molar-refractivity contribution in [3.05, 3.63) is 71.0 Å². The van der Waals surface area contributed by atoms with Crippen molar-refractivity contribution in [2.24, 2.45) is 5.10 Å². The van der Waals surface area contributed by atoms with Gasteiger partial charge in [-0.2, -0.15) is 5.10 Å². The van der Waals surface area contributed by atoms with Gasteiger partial charge in [-0.25, -0.2) is 9.40 Å². The van der Waals surface area contributed by atoms with Crippen LogP contribution in [-0.4, -0.2) is 48.7 Å². The molecule has 0 saturated heterocycles. The van der Waals surface area contributed by atoms with Crippen molar-refractivity contribution in [2.75, 3.05) is 27.2 Å². The molecular weight excluding hydrogens is 341 g/mol. The van der Waals surface area contributed by atoms with Crippen LogP contribution in [0.4, 0.5) is 4.39 Å². The Kier molecular flexibility index (Phi) is 6.35. The third-order valence-electron chi connectivity index (χ3n) is 4.67. The van der Waals surface area contributed by atoms with E-state index in [9.17, 15) is 9.18 Å². The molecule has 0 bridgehead atoms. The van der Waals surface area contributed by atoms with Gasteiger partial charge in [0.1, 0.15) is 5.82 Å². The Labute approximate surface area is 160 Å². The molecule has 0 aromatic heterocycles. The van der Waals surface area contributed by atoms with Crippen LogP contribution < -0.4 is 0 Å². The first-order valence-corrected chi connectivity index (χ1v) is 9.37. The topological polar surface area (TPSA) is 35.9 Å². The standard InChI is InChI=1S/C22H26FN3O/c1-25(2)12-5-8-17-6-3-7-18(14-17)15-22(27)26-13-11-21(24-26)19-9-4-10-20(23)16-19/h3-4,6-7,9-10,14,16H,5,8,11-13,15H2,1-2H3. The Morgan fingerprint density at radius 2 is 1.93 bits per heavy atom. The molecule has 1 aliphatic heterocycles. The fourth-order valence-electron chi connectivity index (χ4n) is 3.27. The summed E-state index contributed by atoms with van der Waals surface area (Å²) < 4.78 is 13.4. The van der Waals surface area contributed by atoms with E-state index >= 15 is 0 Å². The SMILES string of the molecule is CN(C)CCCc1cccc(CC(=O)N2CCC(c3cccc(F)c3)=N2)c1. The lowest BCUT2D eigenvalue weighted by Gasteiger charge is -2.12. The molecule has 1 heterocycles. The minimum absolute atomic E-state index is 0.0214. The van der Waals surface area contributed by atoms with E-state index in [1.807, 2.05) is 18.2 Å². The van der Waals surface area contributed by atoms with Crippen molar-refractivity contribution in [3.63, 3.8) is 0 Å². The van der Waals surface area contributed by atoms with Gasteiger partial charge in [0.2, 0.25) is 5.91 Å². The Morgan fingerprint density at radius 3 is 2.70 bits per heavy atom. The lowest BCUT2D eigenvalue weighted by molar-refractivity contribution is -0.130. The molecule has 4 nitrogen and oxygen atoms in total. The van der Waals surface area contributed by atoms with Crippen molar-refractivity contribution >= 4 is 11.6 Å². The number of aryl methyl sites for hydroxylation is 1. The van der Waals surface area contributed by atoms with Crippen LogP contribution in [0, 0.1) is 5.82 Å². The molecule has 142 valence electrons. The van der Waals surface area contributed by atoms with Gasteiger partial charge in [-0.15, -0.1) is 0 Å². The lowest BCUT2D eigenvalue weighted by atomic mass is 10.0. The summed E-state index contributed by atoms with van der Waals surface area (Å²) in [6.07, 6.45) is 3.09. The molecule has 1 amide bonds. The van der Waals surface area contributed by atoms with Gasteiger partial charge in [0, 0.05) is 12.0 Å². The molecule has 0 spiro atoms. The van der Waals surface area contributed by atoms with Gasteiger partial charge in [0.05, 0.1) is 18.7 Å². The minimum Gasteiger partial charge on any atom is -0.309 e. The number of benzene rings is 2. The monoisotopic (exact) mass is 367 g/mol. The lowest BCUT2D eigenvalue weighted by Crippen LogP contribution is -2.25. The van der Waals surface area contributed by atoms with Crippen molar-refractivity contribution in [1.29, 1.82) is 0 Å². The average molecular weight is 367 g/mol. The van der Waals surface area contributed by atoms with Crippen molar-refractivity contribution < 1.29 is 9.18 Å². The quantitative estimate of drug-likeness (QED) is 0.751. The predicted molar refractivity (Wildman–Crippen MR) is 106 cm³/mol. The number of carbonyl (C=O) groups excluding carboxylic acids is 1. The van der Waals surface area contributed by atoms with E-state index in [4.69, 9.17) is 0 Å². The van der Waals surface area contributed by atoms with Gasteiger partial charge in [-0.1, -0.05) is 36.4 Å². The maximum absolute atomic E-state index is 13.4. The minimum atomic E-state index is -0.286. The summed E-state index contributed by atoms with van der Waals surface area (Å²) in [6.45, 7) is 1.60. The first kappa shape index (κ1) is 19.2. The third-order valence-corrected chi connectivity index (χ3v) is 4.67. The summed E-state index contributed by atoms with van der Waals surface area (Å²) in [4.78, 5) is 14.8. The van der Waals surface area contributed by atoms with Crippen LogP contribution in [0.5, 0.6) is 0 Å². The number of hydrazone groups is 1. The molecule has 0 N–H and O–H groups in total. The number of hydrogen-bond donors (Lipinski definition) is 0. The molecule has 0 fully saturated rings. The van der Waals surface area contributed by atoms with E-state index in [1.54, 1.807) is 6.07 Å². The van der Waals surface area contributed by atoms with Gasteiger partial charge >= 0.3 is 0 Å². The normalized spacial score (nSPS) is 13.9. The molecule has 2 aromatic carbocycles. The van der Waals surface area contributed by atoms with E-state index in [1.165, 1.54) is 22.7 Å². The zero-order valence-corrected chi connectivity index (χ0v) is 16.0. The number of nitrogens with zero attached hydrogens (tertiary/aromatic N) is 3. The number of carbonyl (C=O) groups is 1. The largest absolute Gasteiger partial charge is 0.309 e. The number of amides is 1. The summed E-state index contributed by atoms with van der Waals surface area (Å²) >= 11 is 0. The number of halogens is 1. The van der Waals surface area contributed by atoms with Gasteiger partial charge in [-0.05, 0) is 56.7 Å². The molecular formula is C22H26FN3O. The molecule has 27 heavy (non-hydrogen) atoms. The third kappa shape index (κ3) is 5.47. The summed E-state index contributed by atoms with van der Waals surface area (Å²) in [5.74, 6) is -0.307. The van der Waals surface area contributed by atoms with Crippen molar-refractivity contribution in [2.45, 2.75) is 25.7 Å². The molecule has 1 aliphatic rings. The van der Waals surface area contributed by atoms with Crippen LogP contribution in [0.25, 0.3) is 0 Å². The summed E-state index contributed by atoms with van der Waals surface area (Å²) in [5, 5.41) is 5.93. The fourth-order valence-corrected chi connectivity index (χ4v) is 3.27. The fraction of sp³-hybridized carbons (Fsp3) is 0.364. The Balaban J connectivity index is 1.61. The Bertz CT molecular complexity index is 832. The van der Waals surface area contributed by atoms with E-state index in [2.05, 4.69) is 36.2 Å². The van der Waals surface area contributed by atoms with Crippen LogP contribution in [0.15, 0.2) is 53.6 Å². The maximum Gasteiger partial charge on any atom is 0.247 e. The highest BCUT2D eigenvalue weighted by Gasteiger charge is 2.21. The molecule has 3 rings (SSSR count). The van der Waals surface area contributed by atoms with Crippen molar-refractivity contribution in [3.8, 4) is 0 Å². The van der Waals surface area contributed by atoms with Crippen LogP contribution in [0.2, 0.25) is 0 Å². The van der Waals surface area contributed by atoms with Crippen LogP contribution in [0.3, 0.4) is 0 Å². The van der Waals surface area contributed by atoms with Crippen molar-refractivity contribution in [1.82, 2.24) is 9.91 Å².